The van der Waals surface area contributed by atoms with Crippen molar-refractivity contribution >= 4 is 16.8 Å². The molecule has 0 bridgehead atoms. The van der Waals surface area contributed by atoms with Crippen molar-refractivity contribution in [3.8, 4) is 5.75 Å². The van der Waals surface area contributed by atoms with Crippen LogP contribution in [0.1, 0.15) is 22.3 Å². The Bertz CT molecular complexity index is 1120. The lowest BCUT2D eigenvalue weighted by atomic mass is 9.83. The molecule has 4 aromatic rings. The maximum atomic E-state index is 9.67. The fourth-order valence-electron chi connectivity index (χ4n) is 4.08. The fourth-order valence-corrected chi connectivity index (χ4v) is 4.08. The van der Waals surface area contributed by atoms with E-state index in [2.05, 4.69) is 42.5 Å². The molecule has 0 spiro atoms. The summed E-state index contributed by atoms with van der Waals surface area (Å²) in [7, 11) is 0. The molecule has 0 radical (unpaired) electrons. The number of aliphatic hydroxyl groups excluding tert-OH is 1. The molecule has 1 heterocycles. The quantitative estimate of drug-likeness (QED) is 0.507. The third-order valence-corrected chi connectivity index (χ3v) is 5.48. The van der Waals surface area contributed by atoms with Crippen LogP contribution in [0.15, 0.2) is 97.1 Å². The Morgan fingerprint density at radius 2 is 1.36 bits per heavy atom. The van der Waals surface area contributed by atoms with Gasteiger partial charge in [0, 0.05) is 16.7 Å². The van der Waals surface area contributed by atoms with E-state index in [1.54, 1.807) is 0 Å². The number of benzene rings is 4. The van der Waals surface area contributed by atoms with Crippen LogP contribution < -0.4 is 4.74 Å². The first-order chi connectivity index (χ1) is 13.8. The van der Waals surface area contributed by atoms with Gasteiger partial charge in [-0.2, -0.15) is 0 Å². The zero-order valence-corrected chi connectivity index (χ0v) is 15.4. The molecule has 0 unspecified atom stereocenters. The summed E-state index contributed by atoms with van der Waals surface area (Å²) in [6.45, 7) is 0.0265. The second kappa shape index (κ2) is 6.66. The molecule has 0 saturated heterocycles. The summed E-state index contributed by atoms with van der Waals surface area (Å²) < 4.78 is 6.72. The van der Waals surface area contributed by atoms with Crippen molar-refractivity contribution in [2.24, 2.45) is 0 Å². The van der Waals surface area contributed by atoms with Gasteiger partial charge in [0.05, 0.1) is 6.61 Å². The van der Waals surface area contributed by atoms with Gasteiger partial charge in [-0.1, -0.05) is 84.9 Å². The molecule has 0 saturated carbocycles. The van der Waals surface area contributed by atoms with Gasteiger partial charge < -0.3 is 9.84 Å². The van der Waals surface area contributed by atoms with E-state index < -0.39 is 5.60 Å². The van der Waals surface area contributed by atoms with E-state index in [0.717, 1.165) is 38.8 Å². The van der Waals surface area contributed by atoms with Crippen molar-refractivity contribution in [2.45, 2.75) is 12.2 Å². The van der Waals surface area contributed by atoms with Gasteiger partial charge in [-0.15, -0.1) is 0 Å². The standard InChI is InChI=1S/C26H20O2/c27-18-19-8-7-13-23-22(19)14-15-25-24(23)16-17-26(28-25,20-9-3-1-4-10-20)21-11-5-2-6-12-21/h1-17,27H,18H2. The number of hydrogen-bond donors (Lipinski definition) is 1. The van der Waals surface area contributed by atoms with Gasteiger partial charge in [0.2, 0.25) is 0 Å². The van der Waals surface area contributed by atoms with Gasteiger partial charge in [-0.05, 0) is 34.6 Å². The first-order valence-corrected chi connectivity index (χ1v) is 9.46. The smallest absolute Gasteiger partial charge is 0.178 e. The largest absolute Gasteiger partial charge is 0.473 e. The van der Waals surface area contributed by atoms with E-state index in [-0.39, 0.29) is 6.61 Å². The van der Waals surface area contributed by atoms with Crippen molar-refractivity contribution in [1.29, 1.82) is 0 Å². The predicted molar refractivity (Wildman–Crippen MR) is 113 cm³/mol. The summed E-state index contributed by atoms with van der Waals surface area (Å²) in [5.74, 6) is 0.845. The summed E-state index contributed by atoms with van der Waals surface area (Å²) in [5, 5.41) is 11.8. The van der Waals surface area contributed by atoms with Crippen LogP contribution in [0, 0.1) is 0 Å². The zero-order valence-electron chi connectivity index (χ0n) is 15.4. The monoisotopic (exact) mass is 364 g/mol. The normalized spacial score (nSPS) is 14.5. The molecule has 2 nitrogen and oxygen atoms in total. The van der Waals surface area contributed by atoms with Crippen molar-refractivity contribution < 1.29 is 9.84 Å². The summed E-state index contributed by atoms with van der Waals surface area (Å²) in [5.41, 5.74) is 3.49. The SMILES string of the molecule is OCc1cccc2c3c(ccc12)OC(c1ccccc1)(c1ccccc1)C=C3. The number of hydrogen-bond acceptors (Lipinski definition) is 2. The van der Waals surface area contributed by atoms with Gasteiger partial charge in [0.15, 0.2) is 5.60 Å². The Morgan fingerprint density at radius 1 is 0.679 bits per heavy atom. The topological polar surface area (TPSA) is 29.5 Å². The first kappa shape index (κ1) is 16.8. The number of fused-ring (bicyclic) bond motifs is 3. The highest BCUT2D eigenvalue weighted by Crippen LogP contribution is 2.44. The average Bonchev–Trinajstić information content (AvgIpc) is 2.79. The lowest BCUT2D eigenvalue weighted by molar-refractivity contribution is 0.161. The van der Waals surface area contributed by atoms with Gasteiger partial charge in [0.25, 0.3) is 0 Å². The minimum absolute atomic E-state index is 0.0265. The molecule has 0 aromatic heterocycles. The molecule has 136 valence electrons. The number of ether oxygens (including phenoxy) is 1. The van der Waals surface area contributed by atoms with Crippen molar-refractivity contribution in [1.82, 2.24) is 0 Å². The van der Waals surface area contributed by atoms with E-state index in [4.69, 9.17) is 4.74 Å². The van der Waals surface area contributed by atoms with Gasteiger partial charge >= 0.3 is 0 Å². The third-order valence-electron chi connectivity index (χ3n) is 5.48. The predicted octanol–water partition coefficient (Wildman–Crippen LogP) is 5.68. The summed E-state index contributed by atoms with van der Waals surface area (Å²) in [4.78, 5) is 0. The zero-order chi connectivity index (χ0) is 19.0. The molecule has 1 aliphatic heterocycles. The van der Waals surface area contributed by atoms with E-state index in [9.17, 15) is 5.11 Å². The van der Waals surface area contributed by atoms with Gasteiger partial charge in [-0.25, -0.2) is 0 Å². The average molecular weight is 364 g/mol. The van der Waals surface area contributed by atoms with Crippen molar-refractivity contribution in [3.05, 3.63) is 119 Å². The molecule has 0 amide bonds. The van der Waals surface area contributed by atoms with Gasteiger partial charge in [0.1, 0.15) is 5.75 Å². The highest BCUT2D eigenvalue weighted by Gasteiger charge is 2.37. The number of aliphatic hydroxyl groups is 1. The molecule has 5 rings (SSSR count). The Kier molecular flexibility index (Phi) is 4.00. The van der Waals surface area contributed by atoms with Crippen LogP contribution >= 0.6 is 0 Å². The molecule has 28 heavy (non-hydrogen) atoms. The second-order valence-corrected chi connectivity index (χ2v) is 7.05. The summed E-state index contributed by atoms with van der Waals surface area (Å²) >= 11 is 0. The Hall–Kier alpha value is -3.36. The van der Waals surface area contributed by atoms with Crippen LogP contribution in [0.4, 0.5) is 0 Å². The molecule has 1 N–H and O–H groups in total. The second-order valence-electron chi connectivity index (χ2n) is 7.05. The molecular formula is C26H20O2. The Morgan fingerprint density at radius 3 is 2.00 bits per heavy atom. The van der Waals surface area contributed by atoms with Crippen LogP contribution in [0.25, 0.3) is 16.8 Å². The first-order valence-electron chi connectivity index (χ1n) is 9.46. The number of rotatable bonds is 3. The van der Waals surface area contributed by atoms with Crippen LogP contribution in [0.5, 0.6) is 5.75 Å². The molecule has 2 heteroatoms. The van der Waals surface area contributed by atoms with E-state index in [1.807, 2.05) is 60.7 Å². The van der Waals surface area contributed by atoms with E-state index in [0.29, 0.717) is 0 Å². The van der Waals surface area contributed by atoms with E-state index in [1.165, 1.54) is 0 Å². The highest BCUT2D eigenvalue weighted by molar-refractivity contribution is 5.95. The van der Waals surface area contributed by atoms with Crippen molar-refractivity contribution in [2.75, 3.05) is 0 Å². The Labute approximate surface area is 164 Å². The minimum atomic E-state index is -0.669. The lowest BCUT2D eigenvalue weighted by Gasteiger charge is -2.36. The molecule has 0 fully saturated rings. The van der Waals surface area contributed by atoms with Crippen LogP contribution in [0.2, 0.25) is 0 Å². The van der Waals surface area contributed by atoms with Crippen LogP contribution in [-0.2, 0) is 12.2 Å². The minimum Gasteiger partial charge on any atom is -0.473 e. The molecule has 1 aliphatic rings. The Balaban J connectivity index is 1.73. The summed E-state index contributed by atoms with van der Waals surface area (Å²) in [6, 6.07) is 30.7. The van der Waals surface area contributed by atoms with Gasteiger partial charge in [-0.3, -0.25) is 0 Å². The lowest BCUT2D eigenvalue weighted by Crippen LogP contribution is -2.34. The van der Waals surface area contributed by atoms with Crippen molar-refractivity contribution in [3.63, 3.8) is 0 Å². The molecule has 0 atom stereocenters. The van der Waals surface area contributed by atoms with E-state index >= 15 is 0 Å². The molecule has 0 aliphatic carbocycles. The molecular weight excluding hydrogens is 344 g/mol. The third kappa shape index (κ3) is 2.54. The van der Waals surface area contributed by atoms with Crippen LogP contribution in [0.3, 0.4) is 0 Å². The van der Waals surface area contributed by atoms with Crippen LogP contribution in [-0.4, -0.2) is 5.11 Å². The fraction of sp³-hybridized carbons (Fsp3) is 0.0769. The highest BCUT2D eigenvalue weighted by atomic mass is 16.5. The maximum absolute atomic E-state index is 9.67. The molecule has 4 aromatic carbocycles. The maximum Gasteiger partial charge on any atom is 0.178 e. The summed E-state index contributed by atoms with van der Waals surface area (Å²) in [6.07, 6.45) is 4.30.